The molecule has 6 nitrogen and oxygen atoms in total. The molecule has 2 amide bonds. The van der Waals surface area contributed by atoms with Crippen LogP contribution in [0.5, 0.6) is 11.5 Å². The van der Waals surface area contributed by atoms with Crippen molar-refractivity contribution in [2.24, 2.45) is 0 Å². The van der Waals surface area contributed by atoms with E-state index in [-0.39, 0.29) is 11.8 Å². The highest BCUT2D eigenvalue weighted by atomic mass is 19.1. The molecule has 0 aliphatic carbocycles. The van der Waals surface area contributed by atoms with Gasteiger partial charge in [0.1, 0.15) is 5.82 Å². The molecule has 1 saturated heterocycles. The highest BCUT2D eigenvalue weighted by Gasteiger charge is 2.46. The summed E-state index contributed by atoms with van der Waals surface area (Å²) in [5.41, 5.74) is 1.24. The van der Waals surface area contributed by atoms with E-state index in [0.29, 0.717) is 41.3 Å². The number of likely N-dealkylation sites (tertiary alicyclic amines) is 1. The smallest absolute Gasteiger partial charge is 0.254 e. The average molecular weight is 412 g/mol. The van der Waals surface area contributed by atoms with Gasteiger partial charge in [-0.25, -0.2) is 4.39 Å². The number of methoxy groups -OCH3 is 2. The quantitative estimate of drug-likeness (QED) is 0.773. The van der Waals surface area contributed by atoms with E-state index in [1.54, 1.807) is 37.4 Å². The van der Waals surface area contributed by atoms with Crippen LogP contribution in [-0.2, 0) is 4.79 Å². The van der Waals surface area contributed by atoms with E-state index < -0.39 is 17.8 Å². The molecule has 30 heavy (non-hydrogen) atoms. The fourth-order valence-electron chi connectivity index (χ4n) is 4.55. The van der Waals surface area contributed by atoms with E-state index >= 15 is 0 Å². The van der Waals surface area contributed by atoms with E-state index in [2.05, 4.69) is 0 Å². The Kier molecular flexibility index (Phi) is 5.37. The number of amides is 2. The van der Waals surface area contributed by atoms with Crippen molar-refractivity contribution in [3.05, 3.63) is 58.9 Å². The molecular formula is C23H25FN2O4. The molecule has 0 N–H and O–H groups in total. The molecule has 2 aromatic rings. The van der Waals surface area contributed by atoms with E-state index in [0.717, 1.165) is 12.8 Å². The van der Waals surface area contributed by atoms with Crippen molar-refractivity contribution in [3.63, 3.8) is 0 Å². The van der Waals surface area contributed by atoms with Gasteiger partial charge < -0.3 is 19.3 Å². The molecule has 4 rings (SSSR count). The van der Waals surface area contributed by atoms with Crippen molar-refractivity contribution in [3.8, 4) is 11.5 Å². The zero-order valence-electron chi connectivity index (χ0n) is 17.4. The molecular weight excluding hydrogens is 387 g/mol. The van der Waals surface area contributed by atoms with E-state index in [1.807, 2.05) is 4.90 Å². The summed E-state index contributed by atoms with van der Waals surface area (Å²) in [7, 11) is 4.62. The van der Waals surface area contributed by atoms with Crippen LogP contribution in [0.25, 0.3) is 0 Å². The number of hydrogen-bond donors (Lipinski definition) is 0. The minimum absolute atomic E-state index is 0.103. The zero-order chi connectivity index (χ0) is 21.4. The second-order valence-corrected chi connectivity index (χ2v) is 7.69. The number of carbonyl (C=O) groups is 2. The molecule has 0 spiro atoms. The normalized spacial score (nSPS) is 20.9. The van der Waals surface area contributed by atoms with Gasteiger partial charge in [0.25, 0.3) is 5.91 Å². The maximum absolute atomic E-state index is 14.8. The number of rotatable bonds is 4. The Morgan fingerprint density at radius 3 is 2.30 bits per heavy atom. The van der Waals surface area contributed by atoms with Crippen LogP contribution in [0.4, 0.5) is 4.39 Å². The van der Waals surface area contributed by atoms with E-state index in [4.69, 9.17) is 9.47 Å². The summed E-state index contributed by atoms with van der Waals surface area (Å²) in [6, 6.07) is 8.85. The SMILES string of the molecule is COc1cc2c(cc1OC)[C@H](C(=O)N1CCCC1)[C@@H](c1ccccc1F)N(C)C2=O. The van der Waals surface area contributed by atoms with Crippen molar-refractivity contribution in [1.82, 2.24) is 9.80 Å². The minimum atomic E-state index is -0.752. The lowest BCUT2D eigenvalue weighted by Crippen LogP contribution is -2.46. The summed E-state index contributed by atoms with van der Waals surface area (Å²) >= 11 is 0. The molecule has 1 fully saturated rings. The Balaban J connectivity index is 1.94. The summed E-state index contributed by atoms with van der Waals surface area (Å²) in [5, 5.41) is 0. The van der Waals surface area contributed by atoms with Crippen LogP contribution < -0.4 is 9.47 Å². The van der Waals surface area contributed by atoms with E-state index in [1.165, 1.54) is 25.2 Å². The standard InChI is InChI=1S/C23H25FN2O4/c1-25-21(14-8-4-5-9-17(14)24)20(23(28)26-10-6-7-11-26)15-12-18(29-2)19(30-3)13-16(15)22(25)27/h4-5,8-9,12-13,20-21H,6-7,10-11H2,1-3H3/t20-,21+/m0/s1. The maximum Gasteiger partial charge on any atom is 0.254 e. The van der Waals surface area contributed by atoms with Crippen molar-refractivity contribution >= 4 is 11.8 Å². The maximum atomic E-state index is 14.8. The lowest BCUT2D eigenvalue weighted by Gasteiger charge is -2.41. The van der Waals surface area contributed by atoms with Crippen LogP contribution in [-0.4, -0.2) is 56.0 Å². The molecule has 7 heteroatoms. The van der Waals surface area contributed by atoms with Gasteiger partial charge in [-0.2, -0.15) is 0 Å². The number of benzene rings is 2. The number of likely N-dealkylation sites (N-methyl/N-ethyl adjacent to an activating group) is 1. The van der Waals surface area contributed by atoms with Crippen LogP contribution in [0.1, 0.15) is 46.3 Å². The predicted molar refractivity (Wildman–Crippen MR) is 109 cm³/mol. The predicted octanol–water partition coefficient (Wildman–Crippen LogP) is 3.38. The van der Waals surface area contributed by atoms with Crippen LogP contribution in [0.15, 0.2) is 36.4 Å². The summed E-state index contributed by atoms with van der Waals surface area (Å²) in [4.78, 5) is 30.2. The van der Waals surface area contributed by atoms with Gasteiger partial charge in [0.2, 0.25) is 5.91 Å². The first kappa shape index (κ1) is 20.2. The van der Waals surface area contributed by atoms with Gasteiger partial charge in [0.05, 0.1) is 26.2 Å². The first-order valence-corrected chi connectivity index (χ1v) is 10.0. The van der Waals surface area contributed by atoms with Gasteiger partial charge in [-0.1, -0.05) is 18.2 Å². The van der Waals surface area contributed by atoms with E-state index in [9.17, 15) is 14.0 Å². The lowest BCUT2D eigenvalue weighted by molar-refractivity contribution is -0.133. The fraction of sp³-hybridized carbons (Fsp3) is 0.391. The Morgan fingerprint density at radius 2 is 1.67 bits per heavy atom. The Morgan fingerprint density at radius 1 is 1.03 bits per heavy atom. The molecule has 2 atom stereocenters. The van der Waals surface area contributed by atoms with Crippen LogP contribution in [0.2, 0.25) is 0 Å². The molecule has 2 aromatic carbocycles. The number of carbonyl (C=O) groups excluding carboxylic acids is 2. The first-order valence-electron chi connectivity index (χ1n) is 10.0. The van der Waals surface area contributed by atoms with Gasteiger partial charge in [0, 0.05) is 31.3 Å². The number of nitrogens with zero attached hydrogens (tertiary/aromatic N) is 2. The first-order chi connectivity index (χ1) is 14.5. The molecule has 2 aliphatic rings. The molecule has 2 heterocycles. The summed E-state index contributed by atoms with van der Waals surface area (Å²) in [5.74, 6) is -0.726. The highest BCUT2D eigenvalue weighted by molar-refractivity contribution is 6.02. The van der Waals surface area contributed by atoms with Crippen LogP contribution in [0, 0.1) is 5.82 Å². The number of hydrogen-bond acceptors (Lipinski definition) is 4. The number of halogens is 1. The van der Waals surface area contributed by atoms with Crippen molar-refractivity contribution in [1.29, 1.82) is 0 Å². The topological polar surface area (TPSA) is 59.1 Å². The molecule has 2 aliphatic heterocycles. The molecule has 0 saturated carbocycles. The highest BCUT2D eigenvalue weighted by Crippen LogP contribution is 2.47. The van der Waals surface area contributed by atoms with Crippen molar-refractivity contribution < 1.29 is 23.5 Å². The second-order valence-electron chi connectivity index (χ2n) is 7.69. The molecule has 0 aromatic heterocycles. The third-order valence-corrected chi connectivity index (χ3v) is 6.08. The zero-order valence-corrected chi connectivity index (χ0v) is 17.4. The number of ether oxygens (including phenoxy) is 2. The third-order valence-electron chi connectivity index (χ3n) is 6.08. The molecule has 0 bridgehead atoms. The van der Waals surface area contributed by atoms with Gasteiger partial charge >= 0.3 is 0 Å². The number of fused-ring (bicyclic) bond motifs is 1. The largest absolute Gasteiger partial charge is 0.493 e. The molecule has 0 unspecified atom stereocenters. The van der Waals surface area contributed by atoms with Gasteiger partial charge in [-0.05, 0) is 36.6 Å². The summed E-state index contributed by atoms with van der Waals surface area (Å²) in [6.07, 6.45) is 1.88. The Hall–Kier alpha value is -3.09. The summed E-state index contributed by atoms with van der Waals surface area (Å²) in [6.45, 7) is 1.33. The molecule has 158 valence electrons. The van der Waals surface area contributed by atoms with Gasteiger partial charge in [0.15, 0.2) is 11.5 Å². The summed E-state index contributed by atoms with van der Waals surface area (Å²) < 4.78 is 25.6. The molecule has 0 radical (unpaired) electrons. The van der Waals surface area contributed by atoms with Gasteiger partial charge in [-0.15, -0.1) is 0 Å². The monoisotopic (exact) mass is 412 g/mol. The van der Waals surface area contributed by atoms with Crippen LogP contribution in [0.3, 0.4) is 0 Å². The van der Waals surface area contributed by atoms with Gasteiger partial charge in [-0.3, -0.25) is 9.59 Å². The lowest BCUT2D eigenvalue weighted by atomic mass is 9.78. The van der Waals surface area contributed by atoms with Crippen molar-refractivity contribution in [2.75, 3.05) is 34.4 Å². The Labute approximate surface area is 175 Å². The minimum Gasteiger partial charge on any atom is -0.493 e. The van der Waals surface area contributed by atoms with Crippen molar-refractivity contribution in [2.45, 2.75) is 24.8 Å². The Bertz CT molecular complexity index is 987. The second kappa shape index (κ2) is 7.97. The average Bonchev–Trinajstić information content (AvgIpc) is 3.30. The fourth-order valence-corrected chi connectivity index (χ4v) is 4.55. The van der Waals surface area contributed by atoms with Crippen LogP contribution >= 0.6 is 0 Å². The third kappa shape index (κ3) is 3.18.